The molecule has 1 aliphatic heterocycles. The molecule has 19 heavy (non-hydrogen) atoms. The van der Waals surface area contributed by atoms with Crippen molar-refractivity contribution in [1.29, 1.82) is 0 Å². The van der Waals surface area contributed by atoms with Crippen molar-refractivity contribution in [2.75, 3.05) is 32.6 Å². The minimum Gasteiger partial charge on any atom is -0.383 e. The van der Waals surface area contributed by atoms with Gasteiger partial charge < -0.3 is 10.1 Å². The van der Waals surface area contributed by atoms with Crippen LogP contribution in [0.25, 0.3) is 0 Å². The van der Waals surface area contributed by atoms with E-state index in [-0.39, 0.29) is 17.8 Å². The van der Waals surface area contributed by atoms with Gasteiger partial charge in [-0.3, -0.25) is 0 Å². The first-order chi connectivity index (χ1) is 9.05. The molecule has 1 unspecified atom stereocenters. The molecular formula is C13H28N2O3S. The first-order valence-corrected chi connectivity index (χ1v) is 8.87. The quantitative estimate of drug-likeness (QED) is 0.694. The number of sulfonamides is 1. The maximum atomic E-state index is 12.6. The van der Waals surface area contributed by atoms with Crippen molar-refractivity contribution >= 4 is 10.0 Å². The van der Waals surface area contributed by atoms with Crippen LogP contribution in [0.1, 0.15) is 39.5 Å². The molecule has 0 bridgehead atoms. The Kier molecular flexibility index (Phi) is 7.28. The average Bonchev–Trinajstić information content (AvgIpc) is 2.86. The molecule has 0 aromatic rings. The largest absolute Gasteiger partial charge is 0.383 e. The van der Waals surface area contributed by atoms with Gasteiger partial charge in [0.1, 0.15) is 0 Å². The van der Waals surface area contributed by atoms with Gasteiger partial charge in [0, 0.05) is 25.7 Å². The van der Waals surface area contributed by atoms with E-state index in [1.807, 2.05) is 13.8 Å². The van der Waals surface area contributed by atoms with Crippen molar-refractivity contribution in [2.45, 2.75) is 51.6 Å². The third-order valence-electron chi connectivity index (χ3n) is 3.80. The SMILES string of the molecule is CCC(CC)N(CCOC)S(=O)(=O)CC1CCCN1. The molecule has 1 rings (SSSR count). The summed E-state index contributed by atoms with van der Waals surface area (Å²) in [4.78, 5) is 0. The van der Waals surface area contributed by atoms with Crippen LogP contribution in [0, 0.1) is 0 Å². The third kappa shape index (κ3) is 5.02. The van der Waals surface area contributed by atoms with Crippen molar-refractivity contribution in [3.63, 3.8) is 0 Å². The molecular weight excluding hydrogens is 264 g/mol. The Labute approximate surface area is 117 Å². The molecule has 0 aromatic heterocycles. The molecule has 1 aliphatic rings. The van der Waals surface area contributed by atoms with Gasteiger partial charge in [-0.25, -0.2) is 8.42 Å². The van der Waals surface area contributed by atoms with Crippen LogP contribution in [-0.2, 0) is 14.8 Å². The molecule has 1 saturated heterocycles. The number of nitrogens with zero attached hydrogens (tertiary/aromatic N) is 1. The lowest BCUT2D eigenvalue weighted by Crippen LogP contribution is -2.46. The number of rotatable bonds is 9. The number of ether oxygens (including phenoxy) is 1. The lowest BCUT2D eigenvalue weighted by atomic mass is 10.2. The lowest BCUT2D eigenvalue weighted by molar-refractivity contribution is 0.163. The fraction of sp³-hybridized carbons (Fsp3) is 1.00. The molecule has 0 aromatic carbocycles. The molecule has 1 fully saturated rings. The van der Waals surface area contributed by atoms with E-state index in [9.17, 15) is 8.42 Å². The standard InChI is InChI=1S/C13H28N2O3S/c1-4-13(5-2)15(9-10-18-3)19(16,17)11-12-7-6-8-14-12/h12-14H,4-11H2,1-3H3. The van der Waals surface area contributed by atoms with Crippen LogP contribution in [0.15, 0.2) is 0 Å². The zero-order chi connectivity index (χ0) is 14.3. The Balaban J connectivity index is 2.74. The second-order valence-electron chi connectivity index (χ2n) is 5.15. The summed E-state index contributed by atoms with van der Waals surface area (Å²) in [6, 6.07) is 0.200. The second kappa shape index (κ2) is 8.19. The fourth-order valence-corrected chi connectivity index (χ4v) is 4.76. The van der Waals surface area contributed by atoms with Crippen molar-refractivity contribution in [2.24, 2.45) is 0 Å². The zero-order valence-electron chi connectivity index (χ0n) is 12.4. The van der Waals surface area contributed by atoms with Gasteiger partial charge in [0.2, 0.25) is 10.0 Å². The van der Waals surface area contributed by atoms with Gasteiger partial charge in [-0.05, 0) is 32.2 Å². The molecule has 5 nitrogen and oxygen atoms in total. The van der Waals surface area contributed by atoms with Gasteiger partial charge in [-0.15, -0.1) is 0 Å². The summed E-state index contributed by atoms with van der Waals surface area (Å²) in [5.41, 5.74) is 0. The molecule has 0 spiro atoms. The smallest absolute Gasteiger partial charge is 0.215 e. The second-order valence-corrected chi connectivity index (χ2v) is 7.11. The average molecular weight is 292 g/mol. The van der Waals surface area contributed by atoms with Crippen molar-refractivity contribution in [3.05, 3.63) is 0 Å². The summed E-state index contributed by atoms with van der Waals surface area (Å²) in [5, 5.41) is 3.26. The highest BCUT2D eigenvalue weighted by Crippen LogP contribution is 2.17. The van der Waals surface area contributed by atoms with Crippen LogP contribution >= 0.6 is 0 Å². The van der Waals surface area contributed by atoms with Crippen LogP contribution in [0.4, 0.5) is 0 Å². The van der Waals surface area contributed by atoms with E-state index < -0.39 is 10.0 Å². The Morgan fingerprint density at radius 3 is 2.53 bits per heavy atom. The minimum atomic E-state index is -3.21. The van der Waals surface area contributed by atoms with E-state index in [0.29, 0.717) is 13.2 Å². The molecule has 0 radical (unpaired) electrons. The van der Waals surface area contributed by atoms with Crippen LogP contribution in [-0.4, -0.2) is 57.4 Å². The monoisotopic (exact) mass is 292 g/mol. The molecule has 1 heterocycles. The van der Waals surface area contributed by atoms with Crippen LogP contribution in [0.2, 0.25) is 0 Å². The molecule has 0 aliphatic carbocycles. The Morgan fingerprint density at radius 2 is 2.05 bits per heavy atom. The van der Waals surface area contributed by atoms with Gasteiger partial charge in [-0.2, -0.15) is 4.31 Å². The highest BCUT2D eigenvalue weighted by Gasteiger charge is 2.31. The normalized spacial score (nSPS) is 20.6. The van der Waals surface area contributed by atoms with Crippen LogP contribution in [0.5, 0.6) is 0 Å². The highest BCUT2D eigenvalue weighted by molar-refractivity contribution is 7.89. The molecule has 114 valence electrons. The highest BCUT2D eigenvalue weighted by atomic mass is 32.2. The van der Waals surface area contributed by atoms with E-state index in [4.69, 9.17) is 4.74 Å². The minimum absolute atomic E-state index is 0.0848. The van der Waals surface area contributed by atoms with Crippen LogP contribution < -0.4 is 5.32 Å². The number of hydrogen-bond acceptors (Lipinski definition) is 4. The molecule has 0 amide bonds. The third-order valence-corrected chi connectivity index (χ3v) is 5.82. The predicted octanol–water partition coefficient (Wildman–Crippen LogP) is 1.21. The van der Waals surface area contributed by atoms with E-state index >= 15 is 0 Å². The van der Waals surface area contributed by atoms with Gasteiger partial charge in [0.05, 0.1) is 12.4 Å². The van der Waals surface area contributed by atoms with Crippen molar-refractivity contribution < 1.29 is 13.2 Å². The van der Waals surface area contributed by atoms with Gasteiger partial charge in [0.15, 0.2) is 0 Å². The summed E-state index contributed by atoms with van der Waals surface area (Å²) < 4.78 is 31.9. The summed E-state index contributed by atoms with van der Waals surface area (Å²) in [6.07, 6.45) is 3.72. The maximum absolute atomic E-state index is 12.6. The van der Waals surface area contributed by atoms with Crippen molar-refractivity contribution in [3.8, 4) is 0 Å². The van der Waals surface area contributed by atoms with Crippen LogP contribution in [0.3, 0.4) is 0 Å². The summed E-state index contributed by atoms with van der Waals surface area (Å²) in [6.45, 7) is 5.92. The number of nitrogens with one attached hydrogen (secondary N) is 1. The maximum Gasteiger partial charge on any atom is 0.215 e. The lowest BCUT2D eigenvalue weighted by Gasteiger charge is -2.30. The topological polar surface area (TPSA) is 58.6 Å². The summed E-state index contributed by atoms with van der Waals surface area (Å²) in [5.74, 6) is 0.215. The van der Waals surface area contributed by atoms with Gasteiger partial charge in [-0.1, -0.05) is 13.8 Å². The van der Waals surface area contributed by atoms with E-state index in [1.165, 1.54) is 0 Å². The van der Waals surface area contributed by atoms with E-state index in [1.54, 1.807) is 11.4 Å². The Morgan fingerprint density at radius 1 is 1.37 bits per heavy atom. The number of hydrogen-bond donors (Lipinski definition) is 1. The molecule has 1 atom stereocenters. The summed E-state index contributed by atoms with van der Waals surface area (Å²) >= 11 is 0. The Bertz CT molecular complexity index is 336. The van der Waals surface area contributed by atoms with Gasteiger partial charge >= 0.3 is 0 Å². The van der Waals surface area contributed by atoms with Crippen molar-refractivity contribution in [1.82, 2.24) is 9.62 Å². The van der Waals surface area contributed by atoms with E-state index in [2.05, 4.69) is 5.32 Å². The molecule has 1 N–H and O–H groups in total. The fourth-order valence-electron chi connectivity index (χ4n) is 2.67. The van der Waals surface area contributed by atoms with E-state index in [0.717, 1.165) is 32.2 Å². The molecule has 0 saturated carbocycles. The molecule has 6 heteroatoms. The number of methoxy groups -OCH3 is 1. The Hall–Kier alpha value is -0.170. The predicted molar refractivity (Wildman–Crippen MR) is 77.8 cm³/mol. The first kappa shape index (κ1) is 16.9. The zero-order valence-corrected chi connectivity index (χ0v) is 13.2. The summed E-state index contributed by atoms with van der Waals surface area (Å²) in [7, 11) is -1.60. The first-order valence-electron chi connectivity index (χ1n) is 7.27. The van der Waals surface area contributed by atoms with Gasteiger partial charge in [0.25, 0.3) is 0 Å².